The Balaban J connectivity index is 1.37. The van der Waals surface area contributed by atoms with E-state index in [1.54, 1.807) is 0 Å². The molecular weight excluding hydrogens is 380 g/mol. The Labute approximate surface area is 175 Å². The molecule has 156 valence electrons. The van der Waals surface area contributed by atoms with Crippen LogP contribution in [0.3, 0.4) is 0 Å². The highest BCUT2D eigenvalue weighted by Crippen LogP contribution is 2.43. The molecule has 0 aliphatic carbocycles. The molecule has 7 heteroatoms. The number of hydrogen-bond acceptors (Lipinski definition) is 5. The van der Waals surface area contributed by atoms with Gasteiger partial charge >= 0.3 is 0 Å². The highest BCUT2D eigenvalue weighted by atomic mass is 16.5. The minimum atomic E-state index is 0.00200. The van der Waals surface area contributed by atoms with Crippen molar-refractivity contribution in [2.24, 2.45) is 0 Å². The minimum Gasteiger partial charge on any atom is -0.490 e. The molecule has 1 amide bonds. The van der Waals surface area contributed by atoms with Gasteiger partial charge in [0.05, 0.1) is 24.0 Å². The van der Waals surface area contributed by atoms with Crippen LogP contribution >= 0.6 is 0 Å². The first kappa shape index (κ1) is 18.9. The van der Waals surface area contributed by atoms with E-state index < -0.39 is 0 Å². The van der Waals surface area contributed by atoms with Gasteiger partial charge < -0.3 is 14.4 Å². The molecular formula is C23H26N4O3. The van der Waals surface area contributed by atoms with E-state index >= 15 is 0 Å². The van der Waals surface area contributed by atoms with E-state index in [1.165, 1.54) is 5.69 Å². The summed E-state index contributed by atoms with van der Waals surface area (Å²) in [5.74, 6) is 1.29. The Kier molecular flexibility index (Phi) is 4.60. The molecule has 2 aromatic heterocycles. The Morgan fingerprint density at radius 3 is 2.87 bits per heavy atom. The lowest BCUT2D eigenvalue weighted by Crippen LogP contribution is -2.44. The molecule has 3 aromatic rings. The number of benzene rings is 1. The smallest absolute Gasteiger partial charge is 0.261 e. The Morgan fingerprint density at radius 2 is 2.03 bits per heavy atom. The van der Waals surface area contributed by atoms with Gasteiger partial charge in [-0.1, -0.05) is 6.07 Å². The number of amides is 1. The zero-order chi connectivity index (χ0) is 20.8. The summed E-state index contributed by atoms with van der Waals surface area (Å²) in [4.78, 5) is 19.7. The summed E-state index contributed by atoms with van der Waals surface area (Å²) < 4.78 is 13.5. The van der Waals surface area contributed by atoms with Crippen LogP contribution in [0.2, 0.25) is 0 Å². The maximum Gasteiger partial charge on any atom is 0.261 e. The van der Waals surface area contributed by atoms with Crippen LogP contribution in [0.4, 0.5) is 0 Å². The molecule has 1 fully saturated rings. The van der Waals surface area contributed by atoms with Gasteiger partial charge in [-0.2, -0.15) is 5.10 Å². The summed E-state index contributed by atoms with van der Waals surface area (Å²) in [7, 11) is 0. The first-order valence-corrected chi connectivity index (χ1v) is 10.6. The van der Waals surface area contributed by atoms with E-state index in [1.807, 2.05) is 60.6 Å². The Morgan fingerprint density at radius 1 is 1.17 bits per heavy atom. The summed E-state index contributed by atoms with van der Waals surface area (Å²) >= 11 is 0. The van der Waals surface area contributed by atoms with Gasteiger partial charge in [-0.15, -0.1) is 0 Å². The summed E-state index contributed by atoms with van der Waals surface area (Å²) in [5, 5.41) is 4.62. The Hall–Kier alpha value is -3.09. The largest absolute Gasteiger partial charge is 0.490 e. The number of ether oxygens (including phenoxy) is 2. The quantitative estimate of drug-likeness (QED) is 0.650. The number of carbonyl (C=O) groups excluding carboxylic acids is 1. The second kappa shape index (κ2) is 7.31. The molecule has 2 aliphatic rings. The fourth-order valence-corrected chi connectivity index (χ4v) is 4.80. The van der Waals surface area contributed by atoms with Crippen molar-refractivity contribution in [3.05, 3.63) is 53.0 Å². The molecule has 1 saturated heterocycles. The van der Waals surface area contributed by atoms with Crippen LogP contribution in [0.15, 0.2) is 30.5 Å². The van der Waals surface area contributed by atoms with Crippen molar-refractivity contribution in [2.45, 2.75) is 52.1 Å². The second-order valence-corrected chi connectivity index (χ2v) is 8.14. The SMILES string of the molecule is CCOc1cc(C)ccc1OCC(=O)N1C2CCC1c1cnc3cc(C)nn3c1C2. The van der Waals surface area contributed by atoms with Gasteiger partial charge in [0, 0.05) is 30.3 Å². The lowest BCUT2D eigenvalue weighted by atomic mass is 9.99. The number of rotatable bonds is 5. The van der Waals surface area contributed by atoms with Crippen LogP contribution in [0.1, 0.15) is 48.3 Å². The maximum absolute atomic E-state index is 13.2. The molecule has 2 aliphatic heterocycles. The highest BCUT2D eigenvalue weighted by Gasteiger charge is 2.43. The fraction of sp³-hybridized carbons (Fsp3) is 0.435. The lowest BCUT2D eigenvalue weighted by Gasteiger charge is -2.36. The van der Waals surface area contributed by atoms with Crippen molar-refractivity contribution in [1.29, 1.82) is 0 Å². The number of hydrogen-bond donors (Lipinski definition) is 0. The van der Waals surface area contributed by atoms with E-state index in [4.69, 9.17) is 9.47 Å². The molecule has 0 radical (unpaired) electrons. The monoisotopic (exact) mass is 406 g/mol. The van der Waals surface area contributed by atoms with Crippen molar-refractivity contribution < 1.29 is 14.3 Å². The van der Waals surface area contributed by atoms with Gasteiger partial charge in [-0.25, -0.2) is 9.50 Å². The molecule has 0 N–H and O–H groups in total. The van der Waals surface area contributed by atoms with E-state index in [2.05, 4.69) is 10.1 Å². The third-order valence-electron chi connectivity index (χ3n) is 6.07. The summed E-state index contributed by atoms with van der Waals surface area (Å²) in [6.07, 6.45) is 4.66. The number of aryl methyl sites for hydroxylation is 2. The average Bonchev–Trinajstić information content (AvgIpc) is 3.26. The lowest BCUT2D eigenvalue weighted by molar-refractivity contribution is -0.137. The summed E-state index contributed by atoms with van der Waals surface area (Å²) in [6.45, 7) is 6.48. The second-order valence-electron chi connectivity index (χ2n) is 8.14. The topological polar surface area (TPSA) is 69.0 Å². The van der Waals surface area contributed by atoms with Crippen LogP contribution in [0.5, 0.6) is 11.5 Å². The molecule has 1 aromatic carbocycles. The van der Waals surface area contributed by atoms with Crippen molar-refractivity contribution in [1.82, 2.24) is 19.5 Å². The van der Waals surface area contributed by atoms with E-state index in [0.717, 1.165) is 41.7 Å². The predicted molar refractivity (Wildman–Crippen MR) is 112 cm³/mol. The van der Waals surface area contributed by atoms with Crippen LogP contribution in [0.25, 0.3) is 5.65 Å². The van der Waals surface area contributed by atoms with Crippen molar-refractivity contribution >= 4 is 11.6 Å². The molecule has 2 bridgehead atoms. The highest BCUT2D eigenvalue weighted by molar-refractivity contribution is 5.79. The molecule has 0 spiro atoms. The molecule has 7 nitrogen and oxygen atoms in total. The summed E-state index contributed by atoms with van der Waals surface area (Å²) in [6, 6.07) is 7.98. The molecule has 4 heterocycles. The van der Waals surface area contributed by atoms with Gasteiger partial charge in [-0.3, -0.25) is 4.79 Å². The van der Waals surface area contributed by atoms with Crippen LogP contribution in [-0.4, -0.2) is 44.7 Å². The number of nitrogens with zero attached hydrogens (tertiary/aromatic N) is 4. The maximum atomic E-state index is 13.2. The third-order valence-corrected chi connectivity index (χ3v) is 6.07. The van der Waals surface area contributed by atoms with Crippen LogP contribution in [-0.2, 0) is 11.2 Å². The summed E-state index contributed by atoms with van der Waals surface area (Å²) in [5.41, 5.74) is 5.21. The Bertz CT molecular complexity index is 1120. The standard InChI is InChI=1S/C23H26N4O3/c1-4-29-21-9-14(2)5-8-20(21)30-13-23(28)26-16-6-7-18(26)17-12-24-22-10-15(3)25-27(22)19(17)11-16/h5,8-10,12,16,18H,4,6-7,11,13H2,1-3H3. The normalized spacial score (nSPS) is 19.8. The van der Waals surface area contributed by atoms with Crippen molar-refractivity contribution in [2.75, 3.05) is 13.2 Å². The van der Waals surface area contributed by atoms with Gasteiger partial charge in [-0.05, 0) is 51.3 Å². The molecule has 5 rings (SSSR count). The van der Waals surface area contributed by atoms with Crippen molar-refractivity contribution in [3.63, 3.8) is 0 Å². The minimum absolute atomic E-state index is 0.00200. The zero-order valence-corrected chi connectivity index (χ0v) is 17.6. The van der Waals surface area contributed by atoms with Gasteiger partial charge in [0.15, 0.2) is 23.8 Å². The molecule has 2 unspecified atom stereocenters. The first-order chi connectivity index (χ1) is 14.5. The predicted octanol–water partition coefficient (Wildman–Crippen LogP) is 3.41. The average molecular weight is 406 g/mol. The molecule has 30 heavy (non-hydrogen) atoms. The first-order valence-electron chi connectivity index (χ1n) is 10.6. The third kappa shape index (κ3) is 3.09. The molecule has 0 saturated carbocycles. The van der Waals surface area contributed by atoms with Crippen molar-refractivity contribution in [3.8, 4) is 11.5 Å². The van der Waals surface area contributed by atoms with E-state index in [-0.39, 0.29) is 24.6 Å². The number of fused-ring (bicyclic) bond motifs is 6. The molecule has 2 atom stereocenters. The van der Waals surface area contributed by atoms with Gasteiger partial charge in [0.25, 0.3) is 5.91 Å². The van der Waals surface area contributed by atoms with Gasteiger partial charge in [0.2, 0.25) is 0 Å². The fourth-order valence-electron chi connectivity index (χ4n) is 4.80. The number of carbonyl (C=O) groups is 1. The number of aromatic nitrogens is 3. The zero-order valence-electron chi connectivity index (χ0n) is 17.6. The van der Waals surface area contributed by atoms with E-state index in [9.17, 15) is 4.79 Å². The van der Waals surface area contributed by atoms with Gasteiger partial charge in [0.1, 0.15) is 0 Å². The van der Waals surface area contributed by atoms with E-state index in [0.29, 0.717) is 18.1 Å². The van der Waals surface area contributed by atoms with Crippen LogP contribution < -0.4 is 9.47 Å². The van der Waals surface area contributed by atoms with Crippen LogP contribution in [0, 0.1) is 13.8 Å².